The largest absolute Gasteiger partial charge is 0.343 e. The Balaban J connectivity index is 2.55. The highest BCUT2D eigenvalue weighted by Gasteiger charge is 2.21. The second-order valence-corrected chi connectivity index (χ2v) is 4.55. The van der Waals surface area contributed by atoms with E-state index >= 15 is 0 Å². The van der Waals surface area contributed by atoms with Crippen molar-refractivity contribution >= 4 is 17.0 Å². The van der Waals surface area contributed by atoms with Crippen LogP contribution in [0.2, 0.25) is 0 Å². The summed E-state index contributed by atoms with van der Waals surface area (Å²) in [5.74, 6) is 0. The molecule has 0 bridgehead atoms. The van der Waals surface area contributed by atoms with Gasteiger partial charge in [-0.15, -0.1) is 0 Å². The lowest BCUT2D eigenvalue weighted by Gasteiger charge is -2.27. The number of rotatable bonds is 2. The van der Waals surface area contributed by atoms with Crippen LogP contribution in [0.3, 0.4) is 0 Å². The Kier molecular flexibility index (Phi) is 5.79. The first kappa shape index (κ1) is 12.6. The zero-order chi connectivity index (χ0) is 11.1. The summed E-state index contributed by atoms with van der Waals surface area (Å²) in [5, 5.41) is 6.41. The fraction of sp³-hybridized carbons (Fsp3) is 0.727. The van der Waals surface area contributed by atoms with Gasteiger partial charge in [0.15, 0.2) is 0 Å². The molecule has 1 amide bonds. The van der Waals surface area contributed by atoms with Crippen LogP contribution >= 0.6 is 11.8 Å². The van der Waals surface area contributed by atoms with E-state index in [0.29, 0.717) is 6.04 Å². The third-order valence-electron chi connectivity index (χ3n) is 2.79. The van der Waals surface area contributed by atoms with E-state index in [2.05, 4.69) is 22.8 Å². The summed E-state index contributed by atoms with van der Waals surface area (Å²) in [6, 6.07) is 0.623. The van der Waals surface area contributed by atoms with Gasteiger partial charge in [-0.25, -0.2) is 0 Å². The first-order valence-electron chi connectivity index (χ1n) is 5.44. The van der Waals surface area contributed by atoms with Crippen LogP contribution in [-0.4, -0.2) is 30.6 Å². The lowest BCUT2D eigenvalue weighted by atomic mass is 9.96. The molecule has 4 heteroatoms. The number of amides is 1. The van der Waals surface area contributed by atoms with Gasteiger partial charge in [0, 0.05) is 12.1 Å². The van der Waals surface area contributed by atoms with E-state index in [1.54, 1.807) is 0 Å². The molecule has 0 radical (unpaired) electrons. The minimum atomic E-state index is 0.0739. The Hall–Kier alpha value is -0.480. The normalized spacial score (nSPS) is 28.9. The topological polar surface area (TPSA) is 41.1 Å². The molecule has 2 N–H and O–H groups in total. The summed E-state index contributed by atoms with van der Waals surface area (Å²) in [5.41, 5.74) is 0. The molecule has 0 aliphatic heterocycles. The quantitative estimate of drug-likeness (QED) is 0.712. The fourth-order valence-electron chi connectivity index (χ4n) is 1.88. The van der Waals surface area contributed by atoms with Gasteiger partial charge in [0.05, 0.1) is 0 Å². The van der Waals surface area contributed by atoms with Crippen LogP contribution in [0.5, 0.6) is 0 Å². The molecular weight excluding hydrogens is 208 g/mol. The van der Waals surface area contributed by atoms with Crippen molar-refractivity contribution < 1.29 is 4.79 Å². The van der Waals surface area contributed by atoms with Gasteiger partial charge in [0.2, 0.25) is 0 Å². The van der Waals surface area contributed by atoms with E-state index in [1.165, 1.54) is 11.8 Å². The minimum absolute atomic E-state index is 0.0739. The first-order chi connectivity index (χ1) is 7.27. The van der Waals surface area contributed by atoms with E-state index in [4.69, 9.17) is 0 Å². The average molecular weight is 228 g/mol. The van der Waals surface area contributed by atoms with E-state index < -0.39 is 0 Å². The fourth-order valence-corrected chi connectivity index (χ4v) is 2.15. The highest BCUT2D eigenvalue weighted by molar-refractivity contribution is 8.12. The van der Waals surface area contributed by atoms with Crippen LogP contribution in [0.15, 0.2) is 12.2 Å². The van der Waals surface area contributed by atoms with Gasteiger partial charge in [-0.2, -0.15) is 0 Å². The molecule has 0 spiro atoms. The number of allylic oxidation sites excluding steroid dienone is 1. The molecule has 1 aliphatic rings. The van der Waals surface area contributed by atoms with E-state index in [9.17, 15) is 4.79 Å². The van der Waals surface area contributed by atoms with Crippen molar-refractivity contribution in [2.45, 2.75) is 37.8 Å². The summed E-state index contributed by atoms with van der Waals surface area (Å²) in [6.07, 6.45) is 10.6. The number of carbonyl (C=O) groups excluding carboxylic acids is 1. The van der Waals surface area contributed by atoms with Crippen LogP contribution in [0, 0.1) is 0 Å². The van der Waals surface area contributed by atoms with Crippen LogP contribution in [0.25, 0.3) is 0 Å². The smallest absolute Gasteiger partial charge is 0.279 e. The van der Waals surface area contributed by atoms with E-state index in [1.807, 2.05) is 13.3 Å². The minimum Gasteiger partial charge on any atom is -0.343 e. The summed E-state index contributed by atoms with van der Waals surface area (Å²) in [6.45, 7) is 0. The molecule has 0 saturated carbocycles. The van der Waals surface area contributed by atoms with Gasteiger partial charge in [0.1, 0.15) is 0 Å². The molecule has 15 heavy (non-hydrogen) atoms. The molecular formula is C11H20N2OS. The molecule has 0 aromatic rings. The Bertz CT molecular complexity index is 231. The van der Waals surface area contributed by atoms with Gasteiger partial charge < -0.3 is 10.6 Å². The monoisotopic (exact) mass is 228 g/mol. The average Bonchev–Trinajstić information content (AvgIpc) is 2.22. The van der Waals surface area contributed by atoms with Crippen LogP contribution in [-0.2, 0) is 0 Å². The highest BCUT2D eigenvalue weighted by Crippen LogP contribution is 2.14. The van der Waals surface area contributed by atoms with Gasteiger partial charge in [-0.05, 0) is 39.0 Å². The maximum absolute atomic E-state index is 11.3. The third-order valence-corrected chi connectivity index (χ3v) is 3.28. The number of nitrogens with one attached hydrogen (secondary N) is 2. The van der Waals surface area contributed by atoms with Crippen LogP contribution in [0.1, 0.15) is 25.7 Å². The molecule has 0 heterocycles. The number of likely N-dealkylation sites (N-methyl/N-ethyl adjacent to an activating group) is 1. The van der Waals surface area contributed by atoms with Crippen molar-refractivity contribution in [1.82, 2.24) is 10.6 Å². The molecule has 2 atom stereocenters. The maximum atomic E-state index is 11.3. The summed E-state index contributed by atoms with van der Waals surface area (Å²) in [7, 11) is 1.96. The zero-order valence-electron chi connectivity index (χ0n) is 9.45. The Morgan fingerprint density at radius 2 is 2.20 bits per heavy atom. The Morgan fingerprint density at radius 1 is 1.40 bits per heavy atom. The van der Waals surface area contributed by atoms with E-state index in [-0.39, 0.29) is 11.3 Å². The molecule has 1 rings (SSSR count). The van der Waals surface area contributed by atoms with Crippen molar-refractivity contribution in [3.63, 3.8) is 0 Å². The van der Waals surface area contributed by atoms with Crippen molar-refractivity contribution in [2.75, 3.05) is 13.3 Å². The lowest BCUT2D eigenvalue weighted by Crippen LogP contribution is -2.48. The van der Waals surface area contributed by atoms with Crippen molar-refractivity contribution in [3.8, 4) is 0 Å². The molecule has 1 aliphatic carbocycles. The van der Waals surface area contributed by atoms with Gasteiger partial charge >= 0.3 is 0 Å². The standard InChI is InChI=1S/C11H20N2OS/c1-12-9-7-5-3-4-6-8-10(9)13-11(14)15-2/h3,5,9-10,12H,4,6-8H2,1-2H3,(H,13,14)/b5-3+/t9?,10-/m1/s1. The maximum Gasteiger partial charge on any atom is 0.279 e. The predicted molar refractivity (Wildman–Crippen MR) is 66.3 cm³/mol. The molecule has 3 nitrogen and oxygen atoms in total. The Labute approximate surface area is 96.1 Å². The molecule has 0 aromatic carbocycles. The van der Waals surface area contributed by atoms with Crippen molar-refractivity contribution in [1.29, 1.82) is 0 Å². The first-order valence-corrected chi connectivity index (χ1v) is 6.67. The van der Waals surface area contributed by atoms with Crippen LogP contribution < -0.4 is 10.6 Å². The van der Waals surface area contributed by atoms with Crippen molar-refractivity contribution in [2.24, 2.45) is 0 Å². The Morgan fingerprint density at radius 3 is 2.87 bits per heavy atom. The summed E-state index contributed by atoms with van der Waals surface area (Å²) in [4.78, 5) is 11.3. The van der Waals surface area contributed by atoms with Gasteiger partial charge in [-0.3, -0.25) is 4.79 Å². The number of carbonyl (C=O) groups is 1. The predicted octanol–water partition coefficient (Wildman–Crippen LogP) is 2.15. The molecule has 0 fully saturated rings. The second-order valence-electron chi connectivity index (χ2n) is 3.78. The second kappa shape index (κ2) is 6.90. The van der Waals surface area contributed by atoms with Crippen molar-refractivity contribution in [3.05, 3.63) is 12.2 Å². The van der Waals surface area contributed by atoms with Gasteiger partial charge in [-0.1, -0.05) is 23.9 Å². The molecule has 0 saturated heterocycles. The number of thioether (sulfide) groups is 1. The molecule has 86 valence electrons. The number of hydrogen-bond donors (Lipinski definition) is 2. The zero-order valence-corrected chi connectivity index (χ0v) is 10.3. The SMILES string of the molecule is CNC1C/C=C/CCC[C@H]1NC(=O)SC. The van der Waals surface area contributed by atoms with E-state index in [0.717, 1.165) is 25.7 Å². The molecule has 1 unspecified atom stereocenters. The van der Waals surface area contributed by atoms with Gasteiger partial charge in [0.25, 0.3) is 5.24 Å². The summed E-state index contributed by atoms with van der Waals surface area (Å²) >= 11 is 1.25. The number of hydrogen-bond acceptors (Lipinski definition) is 3. The van der Waals surface area contributed by atoms with Crippen LogP contribution in [0.4, 0.5) is 4.79 Å². The lowest BCUT2D eigenvalue weighted by molar-refractivity contribution is 0.252. The molecule has 0 aromatic heterocycles. The third kappa shape index (κ3) is 4.26. The summed E-state index contributed by atoms with van der Waals surface area (Å²) < 4.78 is 0. The highest BCUT2D eigenvalue weighted by atomic mass is 32.2.